The van der Waals surface area contributed by atoms with Crippen molar-refractivity contribution in [1.29, 1.82) is 0 Å². The summed E-state index contributed by atoms with van der Waals surface area (Å²) in [5.41, 5.74) is 6.86. The molecule has 0 spiro atoms. The molecule has 0 saturated carbocycles. The molecule has 0 aliphatic heterocycles. The highest BCUT2D eigenvalue weighted by Gasteiger charge is 2.29. The second kappa shape index (κ2) is 10.9. The molecule has 0 aliphatic rings. The number of imidazole rings is 1. The van der Waals surface area contributed by atoms with Crippen molar-refractivity contribution in [2.45, 2.75) is 0 Å². The predicted molar refractivity (Wildman–Crippen MR) is 196 cm³/mol. The van der Waals surface area contributed by atoms with Crippen LogP contribution in [0.25, 0.3) is 60.9 Å². The molecule has 0 saturated heterocycles. The van der Waals surface area contributed by atoms with Gasteiger partial charge in [0, 0.05) is 26.9 Å². The predicted octanol–water partition coefficient (Wildman–Crippen LogP) is 9.16. The molecule has 9 aromatic rings. The first kappa shape index (κ1) is 27.5. The van der Waals surface area contributed by atoms with E-state index in [-0.39, 0.29) is 0 Å². The lowest BCUT2D eigenvalue weighted by atomic mass is 10.0. The van der Waals surface area contributed by atoms with Gasteiger partial charge >= 0.3 is 0 Å². The molecule has 47 heavy (non-hydrogen) atoms. The lowest BCUT2D eigenvalue weighted by Crippen LogP contribution is -2.24. The van der Waals surface area contributed by atoms with Gasteiger partial charge in [-0.25, -0.2) is 9.97 Å². The van der Waals surface area contributed by atoms with Crippen molar-refractivity contribution in [3.63, 3.8) is 0 Å². The highest BCUT2D eigenvalue weighted by atomic mass is 31.2. The second-order valence-electron chi connectivity index (χ2n) is 11.8. The summed E-state index contributed by atoms with van der Waals surface area (Å²) in [4.78, 5) is 10.4. The molecular formula is C42H28N3OP. The monoisotopic (exact) mass is 621 g/mol. The van der Waals surface area contributed by atoms with Gasteiger partial charge < -0.3 is 4.57 Å². The SMILES string of the molecule is O=P(c1ccccc1)(c1ccccc1)c1ccc(-c2ccc3nc(-c4cccc5ccccc45)n4c5ccccc5nc4c3c2)cc1. The van der Waals surface area contributed by atoms with Gasteiger partial charge in [0.25, 0.3) is 0 Å². The number of benzene rings is 7. The van der Waals surface area contributed by atoms with Crippen LogP contribution in [0.2, 0.25) is 0 Å². The Morgan fingerprint density at radius 3 is 1.85 bits per heavy atom. The van der Waals surface area contributed by atoms with Crippen molar-refractivity contribution < 1.29 is 4.57 Å². The fourth-order valence-corrected chi connectivity index (χ4v) is 9.41. The molecule has 0 N–H and O–H groups in total. The molecule has 222 valence electrons. The van der Waals surface area contributed by atoms with Gasteiger partial charge in [-0.05, 0) is 46.2 Å². The molecule has 0 atom stereocenters. The number of hydrogen-bond acceptors (Lipinski definition) is 3. The van der Waals surface area contributed by atoms with Crippen LogP contribution in [-0.4, -0.2) is 14.4 Å². The maximum absolute atomic E-state index is 14.9. The molecule has 0 bridgehead atoms. The van der Waals surface area contributed by atoms with E-state index in [0.717, 1.165) is 71.4 Å². The van der Waals surface area contributed by atoms with Gasteiger partial charge in [0.1, 0.15) is 11.5 Å². The van der Waals surface area contributed by atoms with Crippen molar-refractivity contribution >= 4 is 61.4 Å². The molecule has 5 heteroatoms. The first-order valence-electron chi connectivity index (χ1n) is 15.7. The zero-order valence-electron chi connectivity index (χ0n) is 25.4. The maximum Gasteiger partial charge on any atom is 0.171 e. The Bertz CT molecular complexity index is 2600. The third-order valence-corrected chi connectivity index (χ3v) is 12.1. The van der Waals surface area contributed by atoms with E-state index in [1.165, 1.54) is 5.39 Å². The highest BCUT2D eigenvalue weighted by molar-refractivity contribution is 7.85. The molecule has 0 amide bonds. The lowest BCUT2D eigenvalue weighted by Gasteiger charge is -2.20. The molecule has 0 radical (unpaired) electrons. The van der Waals surface area contributed by atoms with Gasteiger partial charge in [-0.2, -0.15) is 0 Å². The standard InChI is InChI=1S/C42H28N3OP/c46-47(32-14-3-1-4-15-32,33-16-5-2-6-17-33)34-25-22-29(23-26-34)31-24-27-38-37(28-31)42-44-39-20-9-10-21-40(39)45(42)41(43-38)36-19-11-13-30-12-7-8-18-35(30)36/h1-28H. The molecule has 2 heterocycles. The van der Waals surface area contributed by atoms with Crippen molar-refractivity contribution in [3.05, 3.63) is 170 Å². The first-order valence-corrected chi connectivity index (χ1v) is 17.4. The number of hydrogen-bond donors (Lipinski definition) is 0. The van der Waals surface area contributed by atoms with Crippen LogP contribution in [0.3, 0.4) is 0 Å². The zero-order valence-corrected chi connectivity index (χ0v) is 26.3. The van der Waals surface area contributed by atoms with Gasteiger partial charge in [0.15, 0.2) is 7.14 Å². The molecule has 0 unspecified atom stereocenters. The van der Waals surface area contributed by atoms with E-state index in [0.29, 0.717) is 0 Å². The van der Waals surface area contributed by atoms with Crippen LogP contribution >= 0.6 is 7.14 Å². The Morgan fingerprint density at radius 2 is 1.09 bits per heavy atom. The number of aromatic nitrogens is 3. The minimum absolute atomic E-state index is 0.808. The smallest absolute Gasteiger partial charge is 0.171 e. The van der Waals surface area contributed by atoms with Gasteiger partial charge in [-0.3, -0.25) is 4.40 Å². The number of nitrogens with zero attached hydrogens (tertiary/aromatic N) is 3. The van der Waals surface area contributed by atoms with Crippen molar-refractivity contribution in [2.75, 3.05) is 0 Å². The summed E-state index contributed by atoms with van der Waals surface area (Å²) in [5.74, 6) is 0.868. The minimum Gasteiger partial charge on any atom is -0.309 e. The van der Waals surface area contributed by atoms with Crippen LogP contribution in [0.15, 0.2) is 170 Å². The summed E-state index contributed by atoms with van der Waals surface area (Å²) >= 11 is 0. The van der Waals surface area contributed by atoms with Crippen LogP contribution in [-0.2, 0) is 4.57 Å². The molecule has 7 aromatic carbocycles. The van der Waals surface area contributed by atoms with Gasteiger partial charge in [0.05, 0.1) is 16.6 Å². The number of para-hydroxylation sites is 2. The topological polar surface area (TPSA) is 47.3 Å². The van der Waals surface area contributed by atoms with Crippen LogP contribution in [0.1, 0.15) is 0 Å². The van der Waals surface area contributed by atoms with E-state index >= 15 is 0 Å². The van der Waals surface area contributed by atoms with Crippen LogP contribution < -0.4 is 15.9 Å². The van der Waals surface area contributed by atoms with E-state index in [4.69, 9.17) is 9.97 Å². The largest absolute Gasteiger partial charge is 0.309 e. The lowest BCUT2D eigenvalue weighted by molar-refractivity contribution is 0.592. The summed E-state index contributed by atoms with van der Waals surface area (Å²) in [5, 5.41) is 5.76. The Labute approximate surface area is 272 Å². The normalized spacial score (nSPS) is 11.9. The van der Waals surface area contributed by atoms with E-state index in [1.54, 1.807) is 0 Å². The average molecular weight is 622 g/mol. The first-order chi connectivity index (χ1) is 23.2. The van der Waals surface area contributed by atoms with E-state index in [1.807, 2.05) is 78.9 Å². The molecule has 4 nitrogen and oxygen atoms in total. The van der Waals surface area contributed by atoms with E-state index < -0.39 is 7.14 Å². The molecule has 0 aliphatic carbocycles. The van der Waals surface area contributed by atoms with E-state index in [2.05, 4.69) is 95.4 Å². The van der Waals surface area contributed by atoms with Crippen molar-refractivity contribution in [2.24, 2.45) is 0 Å². The highest BCUT2D eigenvalue weighted by Crippen LogP contribution is 2.43. The Morgan fingerprint density at radius 1 is 0.468 bits per heavy atom. The second-order valence-corrected chi connectivity index (χ2v) is 14.5. The summed E-state index contributed by atoms with van der Waals surface area (Å²) in [6.07, 6.45) is 0. The third-order valence-electron chi connectivity index (χ3n) is 9.07. The number of rotatable bonds is 5. The molecule has 9 rings (SSSR count). The van der Waals surface area contributed by atoms with Crippen LogP contribution in [0.5, 0.6) is 0 Å². The van der Waals surface area contributed by atoms with Crippen LogP contribution in [0, 0.1) is 0 Å². The summed E-state index contributed by atoms with van der Waals surface area (Å²) in [6, 6.07) is 57.2. The Balaban J connectivity index is 1.21. The quantitative estimate of drug-likeness (QED) is 0.180. The molecule has 2 aromatic heterocycles. The number of fused-ring (bicyclic) bond motifs is 6. The Hall–Kier alpha value is -5.83. The van der Waals surface area contributed by atoms with E-state index in [9.17, 15) is 4.57 Å². The summed E-state index contributed by atoms with van der Waals surface area (Å²) in [6.45, 7) is 0. The summed E-state index contributed by atoms with van der Waals surface area (Å²) in [7, 11) is -3.05. The molecular weight excluding hydrogens is 593 g/mol. The molecule has 0 fully saturated rings. The average Bonchev–Trinajstić information content (AvgIpc) is 3.55. The van der Waals surface area contributed by atoms with Gasteiger partial charge in [-0.1, -0.05) is 146 Å². The fraction of sp³-hybridized carbons (Fsp3) is 0. The minimum atomic E-state index is -3.05. The van der Waals surface area contributed by atoms with Gasteiger partial charge in [-0.15, -0.1) is 0 Å². The third kappa shape index (κ3) is 4.41. The van der Waals surface area contributed by atoms with Crippen molar-refractivity contribution in [1.82, 2.24) is 14.4 Å². The maximum atomic E-state index is 14.9. The summed E-state index contributed by atoms with van der Waals surface area (Å²) < 4.78 is 17.1. The zero-order chi connectivity index (χ0) is 31.4. The van der Waals surface area contributed by atoms with Crippen molar-refractivity contribution in [3.8, 4) is 22.5 Å². The van der Waals surface area contributed by atoms with Gasteiger partial charge in [0.2, 0.25) is 0 Å². The Kier molecular flexibility index (Phi) is 6.38. The van der Waals surface area contributed by atoms with Crippen LogP contribution in [0.4, 0.5) is 0 Å². The fourth-order valence-electron chi connectivity index (χ4n) is 6.77.